The number of rotatable bonds is 3. The van der Waals surface area contributed by atoms with Crippen molar-refractivity contribution in [1.82, 2.24) is 0 Å². The van der Waals surface area contributed by atoms with Crippen LogP contribution in [0.2, 0.25) is 0 Å². The summed E-state index contributed by atoms with van der Waals surface area (Å²) in [5.41, 5.74) is 3.84. The van der Waals surface area contributed by atoms with Gasteiger partial charge in [-0.3, -0.25) is 9.59 Å². The molecule has 2 aromatic rings. The van der Waals surface area contributed by atoms with Crippen molar-refractivity contribution < 1.29 is 14.3 Å². The summed E-state index contributed by atoms with van der Waals surface area (Å²) >= 11 is 1.59. The minimum Gasteiger partial charge on any atom is -0.378 e. The molecule has 0 bridgehead atoms. The Morgan fingerprint density at radius 3 is 2.85 bits per heavy atom. The summed E-state index contributed by atoms with van der Waals surface area (Å²) < 4.78 is 5.44. The normalized spacial score (nSPS) is 18.0. The Kier molecular flexibility index (Phi) is 4.48. The number of morpholine rings is 1. The molecule has 134 valence electrons. The summed E-state index contributed by atoms with van der Waals surface area (Å²) in [5, 5.41) is 7.78. The van der Waals surface area contributed by atoms with Gasteiger partial charge in [0.1, 0.15) is 0 Å². The highest BCUT2D eigenvalue weighted by Crippen LogP contribution is 2.41. The van der Waals surface area contributed by atoms with Crippen LogP contribution in [0.1, 0.15) is 17.4 Å². The highest BCUT2D eigenvalue weighted by molar-refractivity contribution is 7.11. The maximum atomic E-state index is 12.5. The van der Waals surface area contributed by atoms with Crippen molar-refractivity contribution in [3.05, 3.63) is 40.1 Å². The number of anilines is 3. The number of hydrogen-bond donors (Lipinski definition) is 2. The predicted molar refractivity (Wildman–Crippen MR) is 105 cm³/mol. The standard InChI is InChI=1S/C19H19N3O3S/c1-12(23)20-17-11-16-14(10-18(17)22-4-6-25-7-5-22)15(19(24)21-16)9-13-3-2-8-26-13/h2-3,8-11H,4-7H2,1H3,(H,20,23)(H,21,24)/b15-9-. The van der Waals surface area contributed by atoms with Gasteiger partial charge in [-0.2, -0.15) is 0 Å². The maximum Gasteiger partial charge on any atom is 0.256 e. The highest BCUT2D eigenvalue weighted by atomic mass is 32.1. The number of nitrogens with zero attached hydrogens (tertiary/aromatic N) is 1. The summed E-state index contributed by atoms with van der Waals surface area (Å²) in [6.07, 6.45) is 1.91. The third-order valence-corrected chi connectivity index (χ3v) is 5.23. The SMILES string of the molecule is CC(=O)Nc1cc2c(cc1N1CCOCC1)/C(=C/c1cccs1)C(=O)N2. The molecule has 6 nitrogen and oxygen atoms in total. The van der Waals surface area contributed by atoms with Gasteiger partial charge in [0.25, 0.3) is 5.91 Å². The average molecular weight is 369 g/mol. The number of ether oxygens (including phenoxy) is 1. The summed E-state index contributed by atoms with van der Waals surface area (Å²) in [6, 6.07) is 7.78. The molecule has 2 amide bonds. The van der Waals surface area contributed by atoms with Gasteiger partial charge in [0.05, 0.1) is 35.8 Å². The quantitative estimate of drug-likeness (QED) is 0.816. The Labute approximate surface area is 155 Å². The van der Waals surface area contributed by atoms with Crippen LogP contribution in [0.3, 0.4) is 0 Å². The van der Waals surface area contributed by atoms with Gasteiger partial charge in [-0.1, -0.05) is 6.07 Å². The highest BCUT2D eigenvalue weighted by Gasteiger charge is 2.28. The molecule has 1 aromatic heterocycles. The van der Waals surface area contributed by atoms with E-state index in [0.29, 0.717) is 24.5 Å². The molecule has 0 aliphatic carbocycles. The van der Waals surface area contributed by atoms with Gasteiger partial charge < -0.3 is 20.3 Å². The van der Waals surface area contributed by atoms with Crippen molar-refractivity contribution in [3.8, 4) is 0 Å². The Balaban J connectivity index is 1.80. The van der Waals surface area contributed by atoms with Crippen molar-refractivity contribution in [1.29, 1.82) is 0 Å². The van der Waals surface area contributed by atoms with Crippen LogP contribution in [0.4, 0.5) is 17.1 Å². The first-order chi connectivity index (χ1) is 12.6. The van der Waals surface area contributed by atoms with E-state index in [2.05, 4.69) is 15.5 Å². The van der Waals surface area contributed by atoms with E-state index in [-0.39, 0.29) is 11.8 Å². The predicted octanol–water partition coefficient (Wildman–Crippen LogP) is 3.04. The number of thiophene rings is 1. The largest absolute Gasteiger partial charge is 0.378 e. The lowest BCUT2D eigenvalue weighted by molar-refractivity contribution is -0.114. The molecule has 0 atom stereocenters. The van der Waals surface area contributed by atoms with Crippen molar-refractivity contribution in [2.45, 2.75) is 6.92 Å². The number of benzene rings is 1. The van der Waals surface area contributed by atoms with Gasteiger partial charge in [0, 0.05) is 30.5 Å². The van der Waals surface area contributed by atoms with E-state index < -0.39 is 0 Å². The molecule has 0 saturated carbocycles. The fraction of sp³-hybridized carbons (Fsp3) is 0.263. The van der Waals surface area contributed by atoms with E-state index in [1.54, 1.807) is 11.3 Å². The van der Waals surface area contributed by atoms with Crippen LogP contribution in [0.5, 0.6) is 0 Å². The molecule has 2 N–H and O–H groups in total. The average Bonchev–Trinajstić information content (AvgIpc) is 3.23. The zero-order valence-electron chi connectivity index (χ0n) is 14.4. The van der Waals surface area contributed by atoms with Crippen LogP contribution in [-0.2, 0) is 14.3 Å². The molecule has 2 aliphatic rings. The molecule has 7 heteroatoms. The summed E-state index contributed by atoms with van der Waals surface area (Å²) in [6.45, 7) is 4.27. The van der Waals surface area contributed by atoms with E-state index in [4.69, 9.17) is 4.74 Å². The fourth-order valence-corrected chi connectivity index (χ4v) is 3.90. The van der Waals surface area contributed by atoms with Crippen LogP contribution in [-0.4, -0.2) is 38.1 Å². The second-order valence-corrected chi connectivity index (χ2v) is 7.20. The number of hydrogen-bond acceptors (Lipinski definition) is 5. The molecule has 4 rings (SSSR count). The van der Waals surface area contributed by atoms with Crippen LogP contribution < -0.4 is 15.5 Å². The van der Waals surface area contributed by atoms with Crippen LogP contribution >= 0.6 is 11.3 Å². The molecule has 26 heavy (non-hydrogen) atoms. The van der Waals surface area contributed by atoms with Crippen LogP contribution in [0, 0.1) is 0 Å². The Morgan fingerprint density at radius 2 is 2.15 bits per heavy atom. The van der Waals surface area contributed by atoms with E-state index >= 15 is 0 Å². The zero-order valence-corrected chi connectivity index (χ0v) is 15.2. The van der Waals surface area contributed by atoms with Gasteiger partial charge in [0.2, 0.25) is 5.91 Å². The Hall–Kier alpha value is -2.64. The van der Waals surface area contributed by atoms with E-state index in [0.717, 1.165) is 34.9 Å². The Morgan fingerprint density at radius 1 is 1.35 bits per heavy atom. The molecule has 1 saturated heterocycles. The van der Waals surface area contributed by atoms with Gasteiger partial charge >= 0.3 is 0 Å². The smallest absolute Gasteiger partial charge is 0.256 e. The molecular weight excluding hydrogens is 350 g/mol. The van der Waals surface area contributed by atoms with Gasteiger partial charge in [-0.25, -0.2) is 0 Å². The topological polar surface area (TPSA) is 70.7 Å². The zero-order chi connectivity index (χ0) is 18.1. The van der Waals surface area contributed by atoms with Gasteiger partial charge in [0.15, 0.2) is 0 Å². The first-order valence-electron chi connectivity index (χ1n) is 8.47. The summed E-state index contributed by atoms with van der Waals surface area (Å²) in [4.78, 5) is 27.3. The lowest BCUT2D eigenvalue weighted by Gasteiger charge is -2.31. The van der Waals surface area contributed by atoms with E-state index in [1.807, 2.05) is 35.7 Å². The molecule has 3 heterocycles. The molecule has 2 aliphatic heterocycles. The molecule has 0 spiro atoms. The van der Waals surface area contributed by atoms with E-state index in [1.165, 1.54) is 6.92 Å². The van der Waals surface area contributed by atoms with Gasteiger partial charge in [-0.05, 0) is 29.7 Å². The lowest BCUT2D eigenvalue weighted by Crippen LogP contribution is -2.36. The molecular formula is C19H19N3O3S. The first kappa shape index (κ1) is 16.8. The minimum atomic E-state index is -0.141. The number of carbonyl (C=O) groups excluding carboxylic acids is 2. The number of carbonyl (C=O) groups is 2. The molecule has 0 radical (unpaired) electrons. The van der Waals surface area contributed by atoms with Gasteiger partial charge in [-0.15, -0.1) is 11.3 Å². The summed E-state index contributed by atoms with van der Waals surface area (Å²) in [7, 11) is 0. The first-order valence-corrected chi connectivity index (χ1v) is 9.35. The number of fused-ring (bicyclic) bond motifs is 1. The maximum absolute atomic E-state index is 12.5. The number of amides is 2. The second-order valence-electron chi connectivity index (χ2n) is 6.22. The molecule has 1 fully saturated rings. The fourth-order valence-electron chi connectivity index (χ4n) is 3.24. The monoisotopic (exact) mass is 369 g/mol. The third-order valence-electron chi connectivity index (χ3n) is 4.41. The summed E-state index contributed by atoms with van der Waals surface area (Å²) in [5.74, 6) is -0.264. The van der Waals surface area contributed by atoms with Crippen LogP contribution in [0.15, 0.2) is 29.6 Å². The van der Waals surface area contributed by atoms with Crippen LogP contribution in [0.25, 0.3) is 11.6 Å². The number of nitrogens with one attached hydrogen (secondary N) is 2. The van der Waals surface area contributed by atoms with Crippen molar-refractivity contribution in [2.75, 3.05) is 41.8 Å². The lowest BCUT2D eigenvalue weighted by atomic mass is 10.0. The van der Waals surface area contributed by atoms with Crippen molar-refractivity contribution in [3.63, 3.8) is 0 Å². The van der Waals surface area contributed by atoms with Crippen molar-refractivity contribution >= 4 is 51.9 Å². The molecule has 0 unspecified atom stereocenters. The van der Waals surface area contributed by atoms with E-state index in [9.17, 15) is 9.59 Å². The minimum absolute atomic E-state index is 0.124. The van der Waals surface area contributed by atoms with Crippen molar-refractivity contribution in [2.24, 2.45) is 0 Å². The second kappa shape index (κ2) is 6.93. The third kappa shape index (κ3) is 3.23. The molecule has 1 aromatic carbocycles. The Bertz CT molecular complexity index is 884.